The molecule has 1 amide bonds. The lowest BCUT2D eigenvalue weighted by molar-refractivity contribution is -0.0645. The first kappa shape index (κ1) is 16.7. The maximum atomic E-state index is 13.4. The van der Waals surface area contributed by atoms with Gasteiger partial charge in [0.2, 0.25) is 0 Å². The van der Waals surface area contributed by atoms with E-state index in [1.807, 2.05) is 0 Å². The number of hydrogen-bond acceptors (Lipinski definition) is 2. The summed E-state index contributed by atoms with van der Waals surface area (Å²) in [5.74, 6) is -0.359. The molecule has 1 fully saturated rings. The molecule has 1 heterocycles. The predicted molar refractivity (Wildman–Crippen MR) is 80.0 cm³/mol. The number of rotatable bonds is 4. The molecule has 2 rings (SSSR count). The van der Waals surface area contributed by atoms with E-state index < -0.39 is 18.4 Å². The van der Waals surface area contributed by atoms with E-state index in [-0.39, 0.29) is 12.4 Å². The highest BCUT2D eigenvalue weighted by atomic mass is 19.1. The Labute approximate surface area is 129 Å². The summed E-state index contributed by atoms with van der Waals surface area (Å²) in [6.07, 6.45) is 1.16. The van der Waals surface area contributed by atoms with Gasteiger partial charge in [-0.3, -0.25) is 9.80 Å². The molecule has 1 aromatic carbocycles. The van der Waals surface area contributed by atoms with Crippen molar-refractivity contribution in [1.29, 1.82) is 0 Å². The fourth-order valence-electron chi connectivity index (χ4n) is 3.49. The number of piperidine rings is 1. The van der Waals surface area contributed by atoms with Crippen molar-refractivity contribution in [2.24, 2.45) is 0 Å². The van der Waals surface area contributed by atoms with Gasteiger partial charge in [-0.2, -0.15) is 0 Å². The SMILES string of the molecule is Cc1cc(F)ccc1[C@@]1(N(C)CCF)CCCCN1C(=O)O. The van der Waals surface area contributed by atoms with Crippen molar-refractivity contribution in [3.63, 3.8) is 0 Å². The summed E-state index contributed by atoms with van der Waals surface area (Å²) in [6, 6.07) is 4.36. The van der Waals surface area contributed by atoms with Crippen LogP contribution in [0.3, 0.4) is 0 Å². The molecule has 0 saturated carbocycles. The van der Waals surface area contributed by atoms with Gasteiger partial charge in [-0.25, -0.2) is 13.6 Å². The van der Waals surface area contributed by atoms with Gasteiger partial charge in [0.15, 0.2) is 0 Å². The maximum Gasteiger partial charge on any atom is 0.409 e. The quantitative estimate of drug-likeness (QED) is 0.927. The zero-order valence-corrected chi connectivity index (χ0v) is 13.0. The van der Waals surface area contributed by atoms with Crippen molar-refractivity contribution in [3.8, 4) is 0 Å². The summed E-state index contributed by atoms with van der Waals surface area (Å²) in [4.78, 5) is 14.9. The second kappa shape index (κ2) is 6.60. The van der Waals surface area contributed by atoms with Crippen LogP contribution in [0.4, 0.5) is 13.6 Å². The van der Waals surface area contributed by atoms with Gasteiger partial charge in [0.25, 0.3) is 0 Å². The van der Waals surface area contributed by atoms with Gasteiger partial charge in [-0.15, -0.1) is 0 Å². The molecule has 1 atom stereocenters. The van der Waals surface area contributed by atoms with Crippen LogP contribution in [0.1, 0.15) is 30.4 Å². The van der Waals surface area contributed by atoms with E-state index in [1.54, 1.807) is 24.9 Å². The highest BCUT2D eigenvalue weighted by Gasteiger charge is 2.47. The molecule has 6 heteroatoms. The molecule has 0 aromatic heterocycles. The van der Waals surface area contributed by atoms with Crippen LogP contribution in [0.25, 0.3) is 0 Å². The van der Waals surface area contributed by atoms with E-state index in [0.717, 1.165) is 18.4 Å². The van der Waals surface area contributed by atoms with Crippen LogP contribution in [-0.4, -0.2) is 47.8 Å². The molecule has 1 aliphatic heterocycles. The van der Waals surface area contributed by atoms with Crippen molar-refractivity contribution < 1.29 is 18.7 Å². The second-order valence-electron chi connectivity index (χ2n) is 5.78. The van der Waals surface area contributed by atoms with Crippen molar-refractivity contribution in [1.82, 2.24) is 9.80 Å². The largest absolute Gasteiger partial charge is 0.465 e. The number of hydrogen-bond donors (Lipinski definition) is 1. The Kier molecular flexibility index (Phi) is 5.01. The van der Waals surface area contributed by atoms with Crippen molar-refractivity contribution in [3.05, 3.63) is 35.1 Å². The zero-order chi connectivity index (χ0) is 16.3. The number of carbonyl (C=O) groups is 1. The molecular formula is C16H22F2N2O2. The highest BCUT2D eigenvalue weighted by Crippen LogP contribution is 2.41. The Balaban J connectivity index is 2.60. The van der Waals surface area contributed by atoms with Crippen LogP contribution in [0.2, 0.25) is 0 Å². The molecule has 0 bridgehead atoms. The number of likely N-dealkylation sites (tertiary alicyclic amines) is 1. The van der Waals surface area contributed by atoms with E-state index in [4.69, 9.17) is 0 Å². The van der Waals surface area contributed by atoms with Crippen LogP contribution in [0.15, 0.2) is 18.2 Å². The molecule has 4 nitrogen and oxygen atoms in total. The van der Waals surface area contributed by atoms with Crippen molar-refractivity contribution in [2.45, 2.75) is 31.8 Å². The van der Waals surface area contributed by atoms with E-state index in [0.29, 0.717) is 18.5 Å². The molecule has 22 heavy (non-hydrogen) atoms. The van der Waals surface area contributed by atoms with Gasteiger partial charge in [0.05, 0.1) is 0 Å². The fraction of sp³-hybridized carbons (Fsp3) is 0.562. The molecule has 1 aromatic rings. The average Bonchev–Trinajstić information content (AvgIpc) is 2.47. The number of nitrogens with zero attached hydrogens (tertiary/aromatic N) is 2. The van der Waals surface area contributed by atoms with Gasteiger partial charge < -0.3 is 5.11 Å². The topological polar surface area (TPSA) is 43.8 Å². The summed E-state index contributed by atoms with van der Waals surface area (Å²) in [7, 11) is 1.73. The molecule has 1 aliphatic rings. The first-order valence-electron chi connectivity index (χ1n) is 7.48. The summed E-state index contributed by atoms with van der Waals surface area (Å²) < 4.78 is 26.4. The Bertz CT molecular complexity index is 553. The van der Waals surface area contributed by atoms with Gasteiger partial charge in [-0.05, 0) is 56.5 Å². The first-order chi connectivity index (χ1) is 10.4. The fourth-order valence-corrected chi connectivity index (χ4v) is 3.49. The van der Waals surface area contributed by atoms with Crippen molar-refractivity contribution in [2.75, 3.05) is 26.8 Å². The third-order valence-corrected chi connectivity index (χ3v) is 4.51. The van der Waals surface area contributed by atoms with Crippen LogP contribution in [0.5, 0.6) is 0 Å². The molecule has 1 saturated heterocycles. The number of amides is 1. The van der Waals surface area contributed by atoms with E-state index in [2.05, 4.69) is 0 Å². The minimum Gasteiger partial charge on any atom is -0.465 e. The number of alkyl halides is 1. The molecule has 122 valence electrons. The standard InChI is InChI=1S/C16H22F2N2O2/c1-12-11-13(18)5-6-14(12)16(19(2)10-8-17)7-3-4-9-20(16)15(21)22/h5-6,11H,3-4,7-10H2,1-2H3,(H,21,22)/t16-/m1/s1. The molecule has 1 N–H and O–H groups in total. The third kappa shape index (κ3) is 2.79. The number of halogens is 2. The minimum absolute atomic E-state index is 0.126. The van der Waals surface area contributed by atoms with Crippen LogP contribution < -0.4 is 0 Å². The maximum absolute atomic E-state index is 13.4. The Hall–Kier alpha value is -1.69. The second-order valence-corrected chi connectivity index (χ2v) is 5.78. The molecule has 0 radical (unpaired) electrons. The number of benzene rings is 1. The summed E-state index contributed by atoms with van der Waals surface area (Å²) >= 11 is 0. The van der Waals surface area contributed by atoms with Gasteiger partial charge in [0, 0.05) is 13.1 Å². The smallest absolute Gasteiger partial charge is 0.409 e. The first-order valence-corrected chi connectivity index (χ1v) is 7.48. The molecule has 0 unspecified atom stereocenters. The predicted octanol–water partition coefficient (Wildman–Crippen LogP) is 3.35. The van der Waals surface area contributed by atoms with Crippen molar-refractivity contribution >= 4 is 6.09 Å². The van der Waals surface area contributed by atoms with Gasteiger partial charge >= 0.3 is 6.09 Å². The van der Waals surface area contributed by atoms with Gasteiger partial charge in [-0.1, -0.05) is 6.07 Å². The molecule has 0 spiro atoms. The van der Waals surface area contributed by atoms with E-state index in [1.165, 1.54) is 17.0 Å². The van der Waals surface area contributed by atoms with E-state index in [9.17, 15) is 18.7 Å². The lowest BCUT2D eigenvalue weighted by Crippen LogP contribution is -2.61. The van der Waals surface area contributed by atoms with Crippen LogP contribution in [0, 0.1) is 12.7 Å². The van der Waals surface area contributed by atoms with Crippen LogP contribution >= 0.6 is 0 Å². The number of carboxylic acid groups (broad SMARTS) is 1. The Morgan fingerprint density at radius 2 is 2.18 bits per heavy atom. The summed E-state index contributed by atoms with van der Waals surface area (Å²) in [5.41, 5.74) is 0.472. The van der Waals surface area contributed by atoms with Gasteiger partial charge in [0.1, 0.15) is 18.2 Å². The lowest BCUT2D eigenvalue weighted by atomic mass is 9.84. The lowest BCUT2D eigenvalue weighted by Gasteiger charge is -2.51. The highest BCUT2D eigenvalue weighted by molar-refractivity contribution is 5.67. The minimum atomic E-state index is -1.03. The number of aryl methyl sites for hydroxylation is 1. The zero-order valence-electron chi connectivity index (χ0n) is 13.0. The monoisotopic (exact) mass is 312 g/mol. The molecule has 0 aliphatic carbocycles. The Morgan fingerprint density at radius 1 is 1.45 bits per heavy atom. The Morgan fingerprint density at radius 3 is 2.77 bits per heavy atom. The summed E-state index contributed by atoms with van der Waals surface area (Å²) in [5, 5.41) is 9.63. The summed E-state index contributed by atoms with van der Waals surface area (Å²) in [6.45, 7) is 1.72. The van der Waals surface area contributed by atoms with Crippen LogP contribution in [-0.2, 0) is 5.66 Å². The third-order valence-electron chi connectivity index (χ3n) is 4.51. The average molecular weight is 312 g/mol. The normalized spacial score (nSPS) is 22.1. The molecular weight excluding hydrogens is 290 g/mol. The van der Waals surface area contributed by atoms with E-state index >= 15 is 0 Å².